The number of piperidine rings is 1. The maximum absolute atomic E-state index is 12.5. The summed E-state index contributed by atoms with van der Waals surface area (Å²) in [5, 5.41) is 1.00. The molecule has 0 radical (unpaired) electrons. The number of H-pyrrole nitrogens is 1. The molecule has 2 aromatic carbocycles. The summed E-state index contributed by atoms with van der Waals surface area (Å²) < 4.78 is 7.35. The van der Waals surface area contributed by atoms with Crippen molar-refractivity contribution >= 4 is 22.0 Å². The zero-order valence-corrected chi connectivity index (χ0v) is 17.1. The lowest BCUT2D eigenvalue weighted by Gasteiger charge is -2.32. The van der Waals surface area contributed by atoms with Crippen LogP contribution in [0.4, 0.5) is 0 Å². The summed E-state index contributed by atoms with van der Waals surface area (Å²) >= 11 is 0. The average molecular weight is 403 g/mol. The number of hydrogen-bond donors (Lipinski definition) is 1. The van der Waals surface area contributed by atoms with Gasteiger partial charge in [0.15, 0.2) is 0 Å². The molecular formula is C24H25N3O3. The smallest absolute Gasteiger partial charge is 0.336 e. The van der Waals surface area contributed by atoms with Gasteiger partial charge in [0.1, 0.15) is 5.58 Å². The Hall–Kier alpha value is -3.12. The third kappa shape index (κ3) is 3.37. The van der Waals surface area contributed by atoms with Gasteiger partial charge in [-0.15, -0.1) is 0 Å². The second-order valence-corrected chi connectivity index (χ2v) is 8.10. The van der Waals surface area contributed by atoms with Crippen molar-refractivity contribution in [2.45, 2.75) is 38.8 Å². The van der Waals surface area contributed by atoms with Crippen LogP contribution in [0.2, 0.25) is 0 Å². The molecule has 0 bridgehead atoms. The lowest BCUT2D eigenvalue weighted by molar-refractivity contribution is 0.180. The summed E-state index contributed by atoms with van der Waals surface area (Å²) in [5.74, 6) is 0. The molecule has 0 spiro atoms. The van der Waals surface area contributed by atoms with Crippen LogP contribution in [0.3, 0.4) is 0 Å². The van der Waals surface area contributed by atoms with Crippen LogP contribution in [0.15, 0.2) is 62.5 Å². The number of aromatic nitrogens is 2. The van der Waals surface area contributed by atoms with Crippen LogP contribution in [0.5, 0.6) is 0 Å². The van der Waals surface area contributed by atoms with E-state index in [1.54, 1.807) is 6.07 Å². The summed E-state index contributed by atoms with van der Waals surface area (Å²) in [6.07, 6.45) is 2.72. The van der Waals surface area contributed by atoms with Crippen LogP contribution in [0.1, 0.15) is 36.9 Å². The molecular weight excluding hydrogens is 378 g/mol. The molecule has 30 heavy (non-hydrogen) atoms. The molecule has 1 N–H and O–H groups in total. The summed E-state index contributed by atoms with van der Waals surface area (Å²) in [5.41, 5.74) is 4.36. The van der Waals surface area contributed by atoms with Crippen molar-refractivity contribution in [1.29, 1.82) is 0 Å². The Labute approximate surface area is 173 Å². The van der Waals surface area contributed by atoms with Gasteiger partial charge < -0.3 is 9.40 Å². The summed E-state index contributed by atoms with van der Waals surface area (Å²) in [7, 11) is 0. The lowest BCUT2D eigenvalue weighted by Crippen LogP contribution is -2.36. The molecule has 1 saturated heterocycles. The monoisotopic (exact) mass is 403 g/mol. The van der Waals surface area contributed by atoms with Crippen LogP contribution >= 0.6 is 0 Å². The Morgan fingerprint density at radius 3 is 2.67 bits per heavy atom. The highest BCUT2D eigenvalue weighted by atomic mass is 16.4. The van der Waals surface area contributed by atoms with E-state index in [1.807, 2.05) is 34.9 Å². The highest BCUT2D eigenvalue weighted by Crippen LogP contribution is 2.27. The molecule has 4 aromatic rings. The van der Waals surface area contributed by atoms with Crippen LogP contribution in [0, 0.1) is 0 Å². The predicted molar refractivity (Wildman–Crippen MR) is 118 cm³/mol. The largest absolute Gasteiger partial charge is 0.423 e. The molecule has 5 rings (SSSR count). The highest BCUT2D eigenvalue weighted by Gasteiger charge is 2.24. The number of para-hydroxylation sites is 2. The topological polar surface area (TPSA) is 71.2 Å². The van der Waals surface area contributed by atoms with Crippen LogP contribution in [0.25, 0.3) is 22.0 Å². The SMILES string of the molecule is CCc1ccc2c(CN3CCC(n4c(=O)[nH]c5ccccc54)CC3)cc(=O)oc2c1. The van der Waals surface area contributed by atoms with E-state index in [9.17, 15) is 9.59 Å². The van der Waals surface area contributed by atoms with E-state index in [4.69, 9.17) is 4.42 Å². The van der Waals surface area contributed by atoms with Gasteiger partial charge in [0.05, 0.1) is 11.0 Å². The summed E-state index contributed by atoms with van der Waals surface area (Å²) in [4.78, 5) is 29.9. The van der Waals surface area contributed by atoms with Crippen molar-refractivity contribution < 1.29 is 4.42 Å². The van der Waals surface area contributed by atoms with Crippen LogP contribution in [-0.2, 0) is 13.0 Å². The molecule has 2 aromatic heterocycles. The molecule has 0 amide bonds. The molecule has 1 aliphatic rings. The Kier molecular flexibility index (Phi) is 4.79. The van der Waals surface area contributed by atoms with Gasteiger partial charge in [-0.1, -0.05) is 31.2 Å². The standard InChI is InChI=1S/C24H25N3O3/c1-2-16-7-8-19-17(14-23(28)30-22(19)13-16)15-26-11-9-18(10-12-26)27-21-6-4-3-5-20(21)25-24(27)29/h3-8,13-14,18H,2,9-12,15H2,1H3,(H,25,29). The van der Waals surface area contributed by atoms with Crippen molar-refractivity contribution in [1.82, 2.24) is 14.5 Å². The first kappa shape index (κ1) is 18.9. The molecule has 1 aliphatic heterocycles. The van der Waals surface area contributed by atoms with E-state index in [-0.39, 0.29) is 17.4 Å². The lowest BCUT2D eigenvalue weighted by atomic mass is 10.0. The number of benzene rings is 2. The van der Waals surface area contributed by atoms with Crippen LogP contribution in [-0.4, -0.2) is 27.5 Å². The first-order chi connectivity index (χ1) is 14.6. The number of nitrogens with one attached hydrogen (secondary N) is 1. The summed E-state index contributed by atoms with van der Waals surface area (Å²) in [6.45, 7) is 4.56. The molecule has 0 aliphatic carbocycles. The first-order valence-corrected chi connectivity index (χ1v) is 10.6. The quantitative estimate of drug-likeness (QED) is 0.526. The van der Waals surface area contributed by atoms with Crippen LogP contribution < -0.4 is 11.3 Å². The number of imidazole rings is 1. The Bertz CT molecular complexity index is 1320. The van der Waals surface area contributed by atoms with Gasteiger partial charge in [-0.2, -0.15) is 0 Å². The van der Waals surface area contributed by atoms with Crippen molar-refractivity contribution in [3.8, 4) is 0 Å². The van der Waals surface area contributed by atoms with E-state index >= 15 is 0 Å². The van der Waals surface area contributed by atoms with Crippen molar-refractivity contribution in [2.75, 3.05) is 13.1 Å². The van der Waals surface area contributed by atoms with Gasteiger partial charge >= 0.3 is 11.3 Å². The fourth-order valence-electron chi connectivity index (χ4n) is 4.64. The highest BCUT2D eigenvalue weighted by molar-refractivity contribution is 5.80. The Morgan fingerprint density at radius 2 is 1.87 bits per heavy atom. The molecule has 0 unspecified atom stereocenters. The van der Waals surface area contributed by atoms with E-state index in [0.29, 0.717) is 12.1 Å². The first-order valence-electron chi connectivity index (χ1n) is 10.6. The number of hydrogen-bond acceptors (Lipinski definition) is 4. The minimum atomic E-state index is -0.300. The van der Waals surface area contributed by atoms with E-state index in [1.165, 1.54) is 0 Å². The van der Waals surface area contributed by atoms with E-state index in [2.05, 4.69) is 28.9 Å². The van der Waals surface area contributed by atoms with Crippen molar-refractivity contribution in [3.63, 3.8) is 0 Å². The van der Waals surface area contributed by atoms with Gasteiger partial charge in [0.2, 0.25) is 0 Å². The van der Waals surface area contributed by atoms with Gasteiger partial charge in [-0.05, 0) is 48.6 Å². The fraction of sp³-hybridized carbons (Fsp3) is 0.333. The zero-order valence-electron chi connectivity index (χ0n) is 17.1. The number of aromatic amines is 1. The second kappa shape index (κ2) is 7.61. The third-order valence-electron chi connectivity index (χ3n) is 6.24. The minimum Gasteiger partial charge on any atom is -0.423 e. The third-order valence-corrected chi connectivity index (χ3v) is 6.24. The number of likely N-dealkylation sites (tertiary alicyclic amines) is 1. The van der Waals surface area contributed by atoms with Crippen molar-refractivity contribution in [2.24, 2.45) is 0 Å². The number of rotatable bonds is 4. The number of nitrogens with zero attached hydrogens (tertiary/aromatic N) is 2. The van der Waals surface area contributed by atoms with E-state index in [0.717, 1.165) is 59.9 Å². The summed E-state index contributed by atoms with van der Waals surface area (Å²) in [6, 6.07) is 15.8. The molecule has 6 nitrogen and oxygen atoms in total. The molecule has 0 atom stereocenters. The van der Waals surface area contributed by atoms with Gasteiger partial charge in [0, 0.05) is 37.1 Å². The Morgan fingerprint density at radius 1 is 1.07 bits per heavy atom. The minimum absolute atomic E-state index is 0.0342. The fourth-order valence-corrected chi connectivity index (χ4v) is 4.64. The maximum Gasteiger partial charge on any atom is 0.336 e. The zero-order chi connectivity index (χ0) is 20.7. The molecule has 1 fully saturated rings. The second-order valence-electron chi connectivity index (χ2n) is 8.10. The van der Waals surface area contributed by atoms with Gasteiger partial charge in [0.25, 0.3) is 0 Å². The average Bonchev–Trinajstić information content (AvgIpc) is 3.09. The molecule has 154 valence electrons. The molecule has 3 heterocycles. The predicted octanol–water partition coefficient (Wildman–Crippen LogP) is 3.84. The van der Waals surface area contributed by atoms with Gasteiger partial charge in [-0.25, -0.2) is 9.59 Å². The molecule has 6 heteroatoms. The number of aryl methyl sites for hydroxylation is 1. The maximum atomic E-state index is 12.5. The Balaban J connectivity index is 1.36. The van der Waals surface area contributed by atoms with Crippen molar-refractivity contribution in [3.05, 3.63) is 80.6 Å². The normalized spacial score (nSPS) is 15.9. The number of fused-ring (bicyclic) bond motifs is 2. The van der Waals surface area contributed by atoms with Gasteiger partial charge in [-0.3, -0.25) is 9.47 Å². The molecule has 0 saturated carbocycles. The van der Waals surface area contributed by atoms with E-state index < -0.39 is 0 Å².